The molecular formula is C15H17N. The predicted octanol–water partition coefficient (Wildman–Crippen LogP) is 3.46. The quantitative estimate of drug-likeness (QED) is 0.819. The van der Waals surface area contributed by atoms with Crippen molar-refractivity contribution in [3.63, 3.8) is 0 Å². The van der Waals surface area contributed by atoms with Crippen LogP contribution in [0.25, 0.3) is 16.8 Å². The first kappa shape index (κ1) is 10.9. The molecule has 0 fully saturated rings. The number of likely N-dealkylation sites (N-methyl/N-ethyl adjacent to an activating group) is 1. The maximum atomic E-state index is 3.17. The fourth-order valence-electron chi connectivity index (χ4n) is 1.97. The highest BCUT2D eigenvalue weighted by Crippen LogP contribution is 2.20. The number of benzene rings is 2. The van der Waals surface area contributed by atoms with E-state index < -0.39 is 0 Å². The van der Waals surface area contributed by atoms with Gasteiger partial charge in [0.1, 0.15) is 0 Å². The number of nitrogens with one attached hydrogen (secondary N) is 1. The molecule has 0 amide bonds. The normalized spacial score (nSPS) is 12.0. The first-order valence-electron chi connectivity index (χ1n) is 5.61. The van der Waals surface area contributed by atoms with Gasteiger partial charge < -0.3 is 5.32 Å². The van der Waals surface area contributed by atoms with E-state index in [9.17, 15) is 0 Å². The number of fused-ring (bicyclic) bond motifs is 1. The van der Waals surface area contributed by atoms with Crippen molar-refractivity contribution < 1.29 is 0 Å². The Kier molecular flexibility index (Phi) is 3.37. The molecule has 0 aromatic heterocycles. The average molecular weight is 211 g/mol. The Morgan fingerprint density at radius 2 is 1.88 bits per heavy atom. The average Bonchev–Trinajstić information content (AvgIpc) is 2.30. The van der Waals surface area contributed by atoms with Crippen molar-refractivity contribution in [2.45, 2.75) is 6.92 Å². The zero-order valence-corrected chi connectivity index (χ0v) is 9.83. The van der Waals surface area contributed by atoms with Crippen molar-refractivity contribution in [2.75, 3.05) is 13.6 Å². The van der Waals surface area contributed by atoms with E-state index in [1.807, 2.05) is 7.05 Å². The van der Waals surface area contributed by atoms with Crippen LogP contribution in [0.4, 0.5) is 0 Å². The predicted molar refractivity (Wildman–Crippen MR) is 71.5 cm³/mol. The second-order valence-corrected chi connectivity index (χ2v) is 4.09. The third-order valence-electron chi connectivity index (χ3n) is 2.68. The minimum Gasteiger partial charge on any atom is -0.316 e. The molecule has 0 aliphatic heterocycles. The molecular weight excluding hydrogens is 194 g/mol. The van der Waals surface area contributed by atoms with Crippen LogP contribution in [-0.4, -0.2) is 13.6 Å². The minimum absolute atomic E-state index is 0.934. The zero-order chi connectivity index (χ0) is 11.4. The van der Waals surface area contributed by atoms with Gasteiger partial charge in [0.25, 0.3) is 0 Å². The van der Waals surface area contributed by atoms with Gasteiger partial charge in [-0.1, -0.05) is 54.1 Å². The van der Waals surface area contributed by atoms with Gasteiger partial charge in [-0.25, -0.2) is 0 Å². The Balaban J connectivity index is 2.48. The Morgan fingerprint density at radius 3 is 2.69 bits per heavy atom. The highest BCUT2D eigenvalue weighted by atomic mass is 14.8. The molecule has 0 aliphatic rings. The summed E-state index contributed by atoms with van der Waals surface area (Å²) < 4.78 is 0. The van der Waals surface area contributed by atoms with Crippen LogP contribution in [0.15, 0.2) is 48.0 Å². The van der Waals surface area contributed by atoms with Gasteiger partial charge in [-0.2, -0.15) is 0 Å². The SMILES string of the molecule is CNCC(C)=Cc1cccc2ccccc12. The summed E-state index contributed by atoms with van der Waals surface area (Å²) in [6, 6.07) is 14.9. The van der Waals surface area contributed by atoms with E-state index in [1.54, 1.807) is 0 Å². The summed E-state index contributed by atoms with van der Waals surface area (Å²) >= 11 is 0. The zero-order valence-electron chi connectivity index (χ0n) is 9.83. The summed E-state index contributed by atoms with van der Waals surface area (Å²) in [7, 11) is 1.97. The van der Waals surface area contributed by atoms with E-state index in [4.69, 9.17) is 0 Å². The molecule has 0 atom stereocenters. The summed E-state index contributed by atoms with van der Waals surface area (Å²) in [5.41, 5.74) is 2.64. The van der Waals surface area contributed by atoms with Gasteiger partial charge >= 0.3 is 0 Å². The van der Waals surface area contributed by atoms with Crippen molar-refractivity contribution in [3.8, 4) is 0 Å². The third-order valence-corrected chi connectivity index (χ3v) is 2.68. The molecule has 0 saturated heterocycles. The Morgan fingerprint density at radius 1 is 1.12 bits per heavy atom. The lowest BCUT2D eigenvalue weighted by atomic mass is 10.0. The molecule has 0 saturated carbocycles. The van der Waals surface area contributed by atoms with E-state index in [0.717, 1.165) is 6.54 Å². The van der Waals surface area contributed by atoms with Gasteiger partial charge in [0.15, 0.2) is 0 Å². The third kappa shape index (κ3) is 2.31. The number of hydrogen-bond acceptors (Lipinski definition) is 1. The maximum absolute atomic E-state index is 3.17. The maximum Gasteiger partial charge on any atom is 0.0162 e. The Hall–Kier alpha value is -1.60. The number of rotatable bonds is 3. The molecule has 1 nitrogen and oxygen atoms in total. The molecule has 0 aliphatic carbocycles. The summed E-state index contributed by atoms with van der Waals surface area (Å²) in [5.74, 6) is 0. The standard InChI is InChI=1S/C15H17N/c1-12(11-16-2)10-14-8-5-7-13-6-3-4-9-15(13)14/h3-10,16H,11H2,1-2H3. The van der Waals surface area contributed by atoms with Crippen LogP contribution in [0.3, 0.4) is 0 Å². The molecule has 1 N–H and O–H groups in total. The van der Waals surface area contributed by atoms with Crippen molar-refractivity contribution in [1.29, 1.82) is 0 Å². The van der Waals surface area contributed by atoms with Crippen molar-refractivity contribution >= 4 is 16.8 Å². The highest BCUT2D eigenvalue weighted by Gasteiger charge is 1.97. The van der Waals surface area contributed by atoms with E-state index in [-0.39, 0.29) is 0 Å². The summed E-state index contributed by atoms with van der Waals surface area (Å²) in [4.78, 5) is 0. The monoisotopic (exact) mass is 211 g/mol. The second kappa shape index (κ2) is 4.95. The first-order valence-corrected chi connectivity index (χ1v) is 5.61. The topological polar surface area (TPSA) is 12.0 Å². The van der Waals surface area contributed by atoms with Gasteiger partial charge in [-0.3, -0.25) is 0 Å². The molecule has 2 aromatic rings. The molecule has 1 heteroatoms. The Bertz CT molecular complexity index is 506. The summed E-state index contributed by atoms with van der Waals surface area (Å²) in [6.45, 7) is 3.08. The molecule has 0 spiro atoms. The van der Waals surface area contributed by atoms with E-state index in [0.29, 0.717) is 0 Å². The van der Waals surface area contributed by atoms with E-state index in [2.05, 4.69) is 60.8 Å². The molecule has 2 aromatic carbocycles. The van der Waals surface area contributed by atoms with Crippen LogP contribution in [0.2, 0.25) is 0 Å². The van der Waals surface area contributed by atoms with Gasteiger partial charge in [0.05, 0.1) is 0 Å². The van der Waals surface area contributed by atoms with Crippen LogP contribution in [0, 0.1) is 0 Å². The van der Waals surface area contributed by atoms with Crippen LogP contribution in [0.1, 0.15) is 12.5 Å². The van der Waals surface area contributed by atoms with Gasteiger partial charge in [0.2, 0.25) is 0 Å². The molecule has 0 unspecified atom stereocenters. The fourth-order valence-corrected chi connectivity index (χ4v) is 1.97. The minimum atomic E-state index is 0.934. The lowest BCUT2D eigenvalue weighted by molar-refractivity contribution is 0.885. The molecule has 0 radical (unpaired) electrons. The largest absolute Gasteiger partial charge is 0.316 e. The van der Waals surface area contributed by atoms with Gasteiger partial charge in [-0.15, -0.1) is 0 Å². The Labute approximate surface area is 96.8 Å². The van der Waals surface area contributed by atoms with Crippen molar-refractivity contribution in [1.82, 2.24) is 5.32 Å². The summed E-state index contributed by atoms with van der Waals surface area (Å²) in [5, 5.41) is 5.79. The first-order chi connectivity index (χ1) is 7.81. The molecule has 16 heavy (non-hydrogen) atoms. The van der Waals surface area contributed by atoms with E-state index >= 15 is 0 Å². The molecule has 82 valence electrons. The lowest BCUT2D eigenvalue weighted by Gasteiger charge is -2.04. The second-order valence-electron chi connectivity index (χ2n) is 4.09. The number of hydrogen-bond donors (Lipinski definition) is 1. The van der Waals surface area contributed by atoms with Gasteiger partial charge in [-0.05, 0) is 30.3 Å². The molecule has 0 bridgehead atoms. The van der Waals surface area contributed by atoms with Crippen LogP contribution in [0.5, 0.6) is 0 Å². The summed E-state index contributed by atoms with van der Waals surface area (Å²) in [6.07, 6.45) is 2.25. The van der Waals surface area contributed by atoms with Crippen LogP contribution in [-0.2, 0) is 0 Å². The lowest BCUT2D eigenvalue weighted by Crippen LogP contribution is -2.08. The van der Waals surface area contributed by atoms with Crippen molar-refractivity contribution in [2.24, 2.45) is 0 Å². The highest BCUT2D eigenvalue weighted by molar-refractivity contribution is 5.90. The van der Waals surface area contributed by atoms with Gasteiger partial charge in [0, 0.05) is 6.54 Å². The fraction of sp³-hybridized carbons (Fsp3) is 0.200. The van der Waals surface area contributed by atoms with Crippen LogP contribution < -0.4 is 5.32 Å². The molecule has 0 heterocycles. The van der Waals surface area contributed by atoms with Crippen molar-refractivity contribution in [3.05, 3.63) is 53.6 Å². The molecule has 2 rings (SSSR count). The van der Waals surface area contributed by atoms with E-state index in [1.165, 1.54) is 21.9 Å². The smallest absolute Gasteiger partial charge is 0.0162 e. The van der Waals surface area contributed by atoms with Crippen LogP contribution >= 0.6 is 0 Å².